The van der Waals surface area contributed by atoms with E-state index in [0.717, 1.165) is 24.8 Å². The summed E-state index contributed by atoms with van der Waals surface area (Å²) in [6.07, 6.45) is 8.71. The van der Waals surface area contributed by atoms with Crippen LogP contribution in [0.2, 0.25) is 0 Å². The van der Waals surface area contributed by atoms with Gasteiger partial charge in [-0.15, -0.1) is 0 Å². The first-order valence-corrected chi connectivity index (χ1v) is 8.00. The fraction of sp³-hybridized carbons (Fsp3) is 0.300. The van der Waals surface area contributed by atoms with E-state index in [4.69, 9.17) is 10.2 Å². The molecule has 0 unspecified atom stereocenters. The van der Waals surface area contributed by atoms with Crippen molar-refractivity contribution >= 4 is 18.0 Å². The predicted octanol–water partition coefficient (Wildman–Crippen LogP) is 4.94. The van der Waals surface area contributed by atoms with Crippen LogP contribution in [0.3, 0.4) is 0 Å². The van der Waals surface area contributed by atoms with E-state index in [-0.39, 0.29) is 5.57 Å². The van der Waals surface area contributed by atoms with E-state index in [1.165, 1.54) is 0 Å². The molecule has 0 saturated heterocycles. The van der Waals surface area contributed by atoms with Crippen molar-refractivity contribution in [2.75, 3.05) is 0 Å². The Labute approximate surface area is 143 Å². The van der Waals surface area contributed by atoms with Crippen LogP contribution in [0, 0.1) is 0 Å². The summed E-state index contributed by atoms with van der Waals surface area (Å²) in [7, 11) is 0. The van der Waals surface area contributed by atoms with E-state index >= 15 is 0 Å². The molecule has 0 aromatic heterocycles. The van der Waals surface area contributed by atoms with Crippen LogP contribution in [0.15, 0.2) is 60.2 Å². The molecule has 0 bridgehead atoms. The second kappa shape index (κ2) is 12.9. The van der Waals surface area contributed by atoms with Gasteiger partial charge in [0.15, 0.2) is 0 Å². The molecule has 0 amide bonds. The third-order valence-electron chi connectivity index (χ3n) is 3.15. The summed E-state index contributed by atoms with van der Waals surface area (Å²) < 4.78 is 0. The number of carboxylic acids is 2. The number of hydrogen-bond acceptors (Lipinski definition) is 2. The second-order valence-electron chi connectivity index (χ2n) is 5.11. The van der Waals surface area contributed by atoms with Crippen molar-refractivity contribution in [2.24, 2.45) is 0 Å². The molecule has 0 fully saturated rings. The summed E-state index contributed by atoms with van der Waals surface area (Å²) in [5.41, 5.74) is 1.64. The second-order valence-corrected chi connectivity index (χ2v) is 5.11. The normalized spacial score (nSPS) is 10.8. The minimum atomic E-state index is -0.900. The molecule has 0 aliphatic heterocycles. The van der Waals surface area contributed by atoms with Crippen molar-refractivity contribution < 1.29 is 19.8 Å². The van der Waals surface area contributed by atoms with Crippen molar-refractivity contribution in [1.82, 2.24) is 0 Å². The number of unbranched alkanes of at least 4 members (excludes halogenated alkanes) is 2. The largest absolute Gasteiger partial charge is 0.478 e. The molecule has 130 valence electrons. The highest BCUT2D eigenvalue weighted by molar-refractivity contribution is 5.91. The van der Waals surface area contributed by atoms with E-state index < -0.39 is 11.9 Å². The molecule has 1 rings (SSSR count). The zero-order valence-corrected chi connectivity index (χ0v) is 14.4. The summed E-state index contributed by atoms with van der Waals surface area (Å²) in [4.78, 5) is 20.8. The first-order valence-electron chi connectivity index (χ1n) is 8.00. The first kappa shape index (κ1) is 21.4. The average molecular weight is 330 g/mol. The topological polar surface area (TPSA) is 74.6 Å². The number of rotatable bonds is 8. The number of benzene rings is 1. The smallest absolute Gasteiger partial charge is 0.335 e. The van der Waals surface area contributed by atoms with Gasteiger partial charge in [0.05, 0.1) is 5.57 Å². The summed E-state index contributed by atoms with van der Waals surface area (Å²) in [5.74, 6) is -1.77. The molecule has 24 heavy (non-hydrogen) atoms. The maximum Gasteiger partial charge on any atom is 0.335 e. The summed E-state index contributed by atoms with van der Waals surface area (Å²) in [5, 5.41) is 17.1. The van der Waals surface area contributed by atoms with Crippen LogP contribution in [0.4, 0.5) is 0 Å². The van der Waals surface area contributed by atoms with E-state index in [9.17, 15) is 9.59 Å². The molecule has 4 nitrogen and oxygen atoms in total. The van der Waals surface area contributed by atoms with E-state index in [1.807, 2.05) is 36.4 Å². The van der Waals surface area contributed by atoms with Crippen LogP contribution in [0.5, 0.6) is 0 Å². The number of aliphatic carboxylic acids is 2. The van der Waals surface area contributed by atoms with Crippen LogP contribution in [-0.2, 0) is 9.59 Å². The number of hydrogen-bond donors (Lipinski definition) is 2. The monoisotopic (exact) mass is 330 g/mol. The number of carbonyl (C=O) groups is 2. The standard InChI is InChI=1S/C15H18O2.C5H8O2/c1-2-3-5-10-14(15(16)17)12-11-13-8-6-4-7-9-13;1-3-4(2)5(6)7/h4,6-12H,2-3,5H2,1H3,(H,16,17);2-3H2,1H3,(H,6,7). The van der Waals surface area contributed by atoms with Gasteiger partial charge in [-0.3, -0.25) is 0 Å². The van der Waals surface area contributed by atoms with Crippen molar-refractivity contribution in [3.8, 4) is 0 Å². The van der Waals surface area contributed by atoms with Crippen LogP contribution in [0.1, 0.15) is 45.1 Å². The number of carboxylic acid groups (broad SMARTS) is 2. The van der Waals surface area contributed by atoms with E-state index in [1.54, 1.807) is 19.1 Å². The van der Waals surface area contributed by atoms with Crippen LogP contribution < -0.4 is 0 Å². The minimum absolute atomic E-state index is 0.264. The lowest BCUT2D eigenvalue weighted by molar-refractivity contribution is -0.133. The molecule has 0 aliphatic carbocycles. The maximum atomic E-state index is 11.0. The van der Waals surface area contributed by atoms with Crippen molar-refractivity contribution in [3.05, 3.63) is 65.8 Å². The summed E-state index contributed by atoms with van der Waals surface area (Å²) in [6, 6.07) is 9.69. The lowest BCUT2D eigenvalue weighted by Gasteiger charge is -1.96. The van der Waals surface area contributed by atoms with Gasteiger partial charge in [0.2, 0.25) is 0 Å². The highest BCUT2D eigenvalue weighted by Crippen LogP contribution is 2.08. The third-order valence-corrected chi connectivity index (χ3v) is 3.15. The molecule has 1 aromatic carbocycles. The minimum Gasteiger partial charge on any atom is -0.478 e. The fourth-order valence-corrected chi connectivity index (χ4v) is 1.59. The molecule has 0 spiro atoms. The molecule has 0 atom stereocenters. The van der Waals surface area contributed by atoms with Crippen LogP contribution in [0.25, 0.3) is 6.08 Å². The molecule has 0 heterocycles. The molecule has 2 N–H and O–H groups in total. The van der Waals surface area contributed by atoms with Gasteiger partial charge >= 0.3 is 11.9 Å². The van der Waals surface area contributed by atoms with Gasteiger partial charge in [-0.05, 0) is 24.5 Å². The van der Waals surface area contributed by atoms with Crippen molar-refractivity contribution in [3.63, 3.8) is 0 Å². The molecule has 4 heteroatoms. The Hall–Kier alpha value is -2.62. The predicted molar refractivity (Wildman–Crippen MR) is 97.8 cm³/mol. The molecule has 1 aromatic rings. The van der Waals surface area contributed by atoms with Gasteiger partial charge in [-0.1, -0.05) is 75.8 Å². The molecular weight excluding hydrogens is 304 g/mol. The highest BCUT2D eigenvalue weighted by Gasteiger charge is 2.01. The Morgan fingerprint density at radius 3 is 2.12 bits per heavy atom. The van der Waals surface area contributed by atoms with E-state index in [2.05, 4.69) is 13.5 Å². The van der Waals surface area contributed by atoms with Crippen LogP contribution in [-0.4, -0.2) is 22.2 Å². The maximum absolute atomic E-state index is 11.0. The van der Waals surface area contributed by atoms with Gasteiger partial charge in [-0.2, -0.15) is 0 Å². The van der Waals surface area contributed by atoms with Crippen LogP contribution >= 0.6 is 0 Å². The first-order chi connectivity index (χ1) is 11.4. The lowest BCUT2D eigenvalue weighted by Crippen LogP contribution is -1.97. The fourth-order valence-electron chi connectivity index (χ4n) is 1.59. The van der Waals surface area contributed by atoms with Crippen molar-refractivity contribution in [1.29, 1.82) is 0 Å². The molecule has 0 radical (unpaired) electrons. The number of allylic oxidation sites excluding steroid dienone is 1. The van der Waals surface area contributed by atoms with Gasteiger partial charge in [0, 0.05) is 5.57 Å². The Balaban J connectivity index is 0.000000640. The third kappa shape index (κ3) is 10.2. The average Bonchev–Trinajstić information content (AvgIpc) is 2.58. The Morgan fingerprint density at radius 2 is 1.71 bits per heavy atom. The highest BCUT2D eigenvalue weighted by atomic mass is 16.4. The summed E-state index contributed by atoms with van der Waals surface area (Å²) >= 11 is 0. The summed E-state index contributed by atoms with van der Waals surface area (Å²) in [6.45, 7) is 7.12. The Bertz CT molecular complexity index is 583. The zero-order chi connectivity index (χ0) is 18.4. The van der Waals surface area contributed by atoms with Gasteiger partial charge in [0.25, 0.3) is 0 Å². The van der Waals surface area contributed by atoms with Gasteiger partial charge in [-0.25, -0.2) is 9.59 Å². The molecular formula is C20H26O4. The quantitative estimate of drug-likeness (QED) is 0.402. The van der Waals surface area contributed by atoms with Crippen molar-refractivity contribution in [2.45, 2.75) is 39.5 Å². The Morgan fingerprint density at radius 1 is 1.08 bits per heavy atom. The zero-order valence-electron chi connectivity index (χ0n) is 14.4. The lowest BCUT2D eigenvalue weighted by atomic mass is 10.1. The molecule has 0 saturated carbocycles. The van der Waals surface area contributed by atoms with Gasteiger partial charge in [0.1, 0.15) is 0 Å². The van der Waals surface area contributed by atoms with Gasteiger partial charge < -0.3 is 10.2 Å². The van der Waals surface area contributed by atoms with E-state index in [0.29, 0.717) is 12.0 Å². The Kier molecular flexibility index (Phi) is 11.5. The SMILES string of the molecule is C=C(CC)C(=O)O.CCCCC=C(C=Cc1ccccc1)C(=O)O. The molecule has 0 aliphatic rings.